The van der Waals surface area contributed by atoms with Crippen LogP contribution in [0.5, 0.6) is 5.75 Å². The molecule has 1 aliphatic rings. The van der Waals surface area contributed by atoms with Crippen LogP contribution >= 0.6 is 0 Å². The van der Waals surface area contributed by atoms with Gasteiger partial charge in [-0.2, -0.15) is 0 Å². The minimum absolute atomic E-state index is 0.0893. The number of anilines is 2. The van der Waals surface area contributed by atoms with Crippen LogP contribution in [0, 0.1) is 0 Å². The van der Waals surface area contributed by atoms with Crippen LogP contribution in [0.1, 0.15) is 24.2 Å². The molecule has 1 amide bonds. The van der Waals surface area contributed by atoms with Gasteiger partial charge in [-0.05, 0) is 50.3 Å². The second-order valence-corrected chi connectivity index (χ2v) is 6.56. The van der Waals surface area contributed by atoms with E-state index < -0.39 is 29.1 Å². The quantitative estimate of drug-likeness (QED) is 0.508. The van der Waals surface area contributed by atoms with Crippen molar-refractivity contribution in [2.75, 3.05) is 16.8 Å². The molecule has 29 heavy (non-hydrogen) atoms. The summed E-state index contributed by atoms with van der Waals surface area (Å²) in [5.74, 6) is -2.76. The van der Waals surface area contributed by atoms with Crippen molar-refractivity contribution >= 4 is 29.2 Å². The molecule has 1 heterocycles. The number of benzene rings is 2. The molecule has 8 nitrogen and oxygen atoms in total. The highest BCUT2D eigenvalue weighted by Gasteiger charge is 2.49. The van der Waals surface area contributed by atoms with Crippen molar-refractivity contribution in [2.24, 2.45) is 0 Å². The summed E-state index contributed by atoms with van der Waals surface area (Å²) < 4.78 is 5.18. The minimum atomic E-state index is -1.39. The van der Waals surface area contributed by atoms with E-state index in [1.54, 1.807) is 44.2 Å². The first-order valence-electron chi connectivity index (χ1n) is 8.91. The Morgan fingerprint density at radius 2 is 1.86 bits per heavy atom. The molecule has 2 aromatic carbocycles. The van der Waals surface area contributed by atoms with Crippen molar-refractivity contribution in [3.8, 4) is 5.75 Å². The average molecular weight is 396 g/mol. The molecule has 0 saturated carbocycles. The van der Waals surface area contributed by atoms with Gasteiger partial charge in [-0.3, -0.25) is 9.69 Å². The highest BCUT2D eigenvalue weighted by Crippen LogP contribution is 2.35. The van der Waals surface area contributed by atoms with Crippen LogP contribution in [-0.2, 0) is 14.3 Å². The highest BCUT2D eigenvalue weighted by molar-refractivity contribution is 6.16. The molecule has 0 aromatic heterocycles. The summed E-state index contributed by atoms with van der Waals surface area (Å²) in [4.78, 5) is 38.4. The monoisotopic (exact) mass is 396 g/mol. The first kappa shape index (κ1) is 19.9. The minimum Gasteiger partial charge on any atom is -0.507 e. The number of nitrogens with one attached hydrogen (secondary N) is 1. The number of ether oxygens (including phenoxy) is 1. The number of aromatic hydroxyl groups is 1. The van der Waals surface area contributed by atoms with Gasteiger partial charge < -0.3 is 20.3 Å². The predicted molar refractivity (Wildman–Crippen MR) is 106 cm³/mol. The van der Waals surface area contributed by atoms with Crippen molar-refractivity contribution < 1.29 is 29.3 Å². The van der Waals surface area contributed by atoms with Crippen LogP contribution in [0.15, 0.2) is 60.3 Å². The maximum atomic E-state index is 13.1. The summed E-state index contributed by atoms with van der Waals surface area (Å²) in [7, 11) is 0. The Balaban J connectivity index is 2.01. The first-order valence-corrected chi connectivity index (χ1v) is 8.91. The number of esters is 1. The molecule has 0 aliphatic carbocycles. The van der Waals surface area contributed by atoms with Gasteiger partial charge in [0.05, 0.1) is 6.61 Å². The van der Waals surface area contributed by atoms with Gasteiger partial charge in [0.25, 0.3) is 5.91 Å². The fraction of sp³-hybridized carbons (Fsp3) is 0.190. The molecule has 2 aromatic rings. The Morgan fingerprint density at radius 1 is 1.17 bits per heavy atom. The van der Waals surface area contributed by atoms with Gasteiger partial charge >= 0.3 is 11.9 Å². The third-order valence-electron chi connectivity index (χ3n) is 4.53. The summed E-state index contributed by atoms with van der Waals surface area (Å²) >= 11 is 0. The van der Waals surface area contributed by atoms with Crippen LogP contribution in [0.2, 0.25) is 0 Å². The smallest absolute Gasteiger partial charge is 0.339 e. The molecular weight excluding hydrogens is 376 g/mol. The lowest BCUT2D eigenvalue weighted by molar-refractivity contribution is -0.147. The zero-order valence-corrected chi connectivity index (χ0v) is 15.9. The van der Waals surface area contributed by atoms with Crippen molar-refractivity contribution in [1.82, 2.24) is 0 Å². The van der Waals surface area contributed by atoms with E-state index in [1.807, 2.05) is 0 Å². The Labute approximate surface area is 167 Å². The normalized spacial score (nSPS) is 18.3. The molecule has 0 fully saturated rings. The number of hydrogen-bond acceptors (Lipinski definition) is 6. The fourth-order valence-corrected chi connectivity index (χ4v) is 3.16. The Hall–Kier alpha value is -3.81. The van der Waals surface area contributed by atoms with Crippen molar-refractivity contribution in [3.63, 3.8) is 0 Å². The molecule has 0 bridgehead atoms. The van der Waals surface area contributed by atoms with E-state index in [0.717, 1.165) is 0 Å². The van der Waals surface area contributed by atoms with Gasteiger partial charge in [0.15, 0.2) is 5.54 Å². The molecule has 0 saturated heterocycles. The SMILES string of the molecule is CCOC(=O)[C@]1(C)C=C(Nc2ccc(O)c(C(=O)O)c2)C(=O)N1c1ccccc1. The largest absolute Gasteiger partial charge is 0.507 e. The highest BCUT2D eigenvalue weighted by atomic mass is 16.5. The van der Waals surface area contributed by atoms with Crippen LogP contribution in [0.3, 0.4) is 0 Å². The predicted octanol–water partition coefficient (Wildman–Crippen LogP) is 2.75. The average Bonchev–Trinajstić information content (AvgIpc) is 2.95. The summed E-state index contributed by atoms with van der Waals surface area (Å²) in [5, 5.41) is 21.7. The maximum absolute atomic E-state index is 13.1. The molecule has 0 radical (unpaired) electrons. The summed E-state index contributed by atoms with van der Waals surface area (Å²) in [6.45, 7) is 3.41. The number of rotatable bonds is 6. The second kappa shape index (κ2) is 7.67. The summed E-state index contributed by atoms with van der Waals surface area (Å²) in [6.07, 6.45) is 1.45. The lowest BCUT2D eigenvalue weighted by Crippen LogP contribution is -2.51. The molecule has 0 spiro atoms. The van der Waals surface area contributed by atoms with Crippen LogP contribution in [0.25, 0.3) is 0 Å². The van der Waals surface area contributed by atoms with Crippen LogP contribution < -0.4 is 10.2 Å². The van der Waals surface area contributed by atoms with Gasteiger partial charge in [0.2, 0.25) is 0 Å². The van der Waals surface area contributed by atoms with E-state index in [1.165, 1.54) is 29.2 Å². The summed E-state index contributed by atoms with van der Waals surface area (Å²) in [5.41, 5.74) is -0.817. The maximum Gasteiger partial charge on any atom is 0.339 e. The third-order valence-corrected chi connectivity index (χ3v) is 4.53. The molecule has 1 atom stereocenters. The number of carboxylic acid groups (broad SMARTS) is 1. The zero-order chi connectivity index (χ0) is 21.2. The molecule has 1 aliphatic heterocycles. The van der Waals surface area contributed by atoms with E-state index in [2.05, 4.69) is 5.32 Å². The fourth-order valence-electron chi connectivity index (χ4n) is 3.16. The van der Waals surface area contributed by atoms with Crippen molar-refractivity contribution in [1.29, 1.82) is 0 Å². The molecular formula is C21H20N2O6. The molecule has 3 N–H and O–H groups in total. The molecule has 0 unspecified atom stereocenters. The van der Waals surface area contributed by atoms with E-state index in [0.29, 0.717) is 5.69 Å². The van der Waals surface area contributed by atoms with Crippen molar-refractivity contribution in [3.05, 3.63) is 65.9 Å². The standard InChI is InChI=1S/C21H20N2O6/c1-3-29-20(28)21(2)12-16(18(25)23(21)14-7-5-4-6-8-14)22-13-9-10-17(24)15(11-13)19(26)27/h4-12,22,24H,3H2,1-2H3,(H,26,27)/t21-/m0/s1. The van der Waals surface area contributed by atoms with Gasteiger partial charge in [-0.15, -0.1) is 0 Å². The number of phenols is 1. The van der Waals surface area contributed by atoms with Gasteiger partial charge in [0.1, 0.15) is 17.0 Å². The second-order valence-electron chi connectivity index (χ2n) is 6.56. The van der Waals surface area contributed by atoms with E-state index in [9.17, 15) is 19.5 Å². The zero-order valence-electron chi connectivity index (χ0n) is 15.9. The lowest BCUT2D eigenvalue weighted by atomic mass is 10.0. The topological polar surface area (TPSA) is 116 Å². The van der Waals surface area contributed by atoms with Crippen LogP contribution in [-0.4, -0.2) is 40.2 Å². The van der Waals surface area contributed by atoms with Gasteiger partial charge in [-0.1, -0.05) is 18.2 Å². The molecule has 150 valence electrons. The Morgan fingerprint density at radius 3 is 2.48 bits per heavy atom. The van der Waals surface area contributed by atoms with Gasteiger partial charge in [0, 0.05) is 11.4 Å². The number of para-hydroxylation sites is 1. The van der Waals surface area contributed by atoms with E-state index in [-0.39, 0.29) is 23.6 Å². The lowest BCUT2D eigenvalue weighted by Gasteiger charge is -2.32. The summed E-state index contributed by atoms with van der Waals surface area (Å²) in [6, 6.07) is 12.6. The number of carboxylic acids is 1. The van der Waals surface area contributed by atoms with Crippen LogP contribution in [0.4, 0.5) is 11.4 Å². The Kier molecular flexibility index (Phi) is 5.27. The first-order chi connectivity index (χ1) is 13.8. The number of carbonyl (C=O) groups is 3. The van der Waals surface area contributed by atoms with E-state index >= 15 is 0 Å². The third kappa shape index (κ3) is 3.64. The van der Waals surface area contributed by atoms with E-state index in [4.69, 9.17) is 9.84 Å². The Bertz CT molecular complexity index is 1000. The number of nitrogens with zero attached hydrogens (tertiary/aromatic N) is 1. The number of hydrogen-bond donors (Lipinski definition) is 3. The number of amides is 1. The van der Waals surface area contributed by atoms with Gasteiger partial charge in [-0.25, -0.2) is 9.59 Å². The molecule has 8 heteroatoms. The number of carbonyl (C=O) groups excluding carboxylic acids is 2. The van der Waals surface area contributed by atoms with Crippen molar-refractivity contribution in [2.45, 2.75) is 19.4 Å². The molecule has 3 rings (SSSR count). The number of aromatic carboxylic acids is 1.